The Hall–Kier alpha value is -0.770. The minimum Gasteiger partial charge on any atom is -0.355 e. The van der Waals surface area contributed by atoms with Crippen molar-refractivity contribution in [1.29, 1.82) is 0 Å². The Morgan fingerprint density at radius 3 is 2.75 bits per heavy atom. The van der Waals surface area contributed by atoms with Gasteiger partial charge in [0.2, 0.25) is 10.0 Å². The number of halogens is 3. The van der Waals surface area contributed by atoms with Crippen LogP contribution in [0.25, 0.3) is 5.52 Å². The summed E-state index contributed by atoms with van der Waals surface area (Å²) in [5, 5.41) is 0.761. The van der Waals surface area contributed by atoms with E-state index >= 15 is 0 Å². The van der Waals surface area contributed by atoms with E-state index in [1.165, 1.54) is 0 Å². The smallest absolute Gasteiger partial charge is 0.213 e. The SMILES string of the molecule is CC(N)c1cc(Cl)c2c(Cl)ncn2c1N1CCNS(=O)(=O)CC1.Cl. The fourth-order valence-corrected chi connectivity index (χ4v) is 4.33. The Balaban J connectivity index is 0.00000208. The molecule has 1 atom stereocenters. The minimum absolute atomic E-state index is 0. The molecule has 2 aromatic rings. The Labute approximate surface area is 156 Å². The summed E-state index contributed by atoms with van der Waals surface area (Å²) < 4.78 is 27.9. The maximum Gasteiger partial charge on any atom is 0.213 e. The summed E-state index contributed by atoms with van der Waals surface area (Å²) in [6.07, 6.45) is 1.58. The van der Waals surface area contributed by atoms with Crippen LogP contribution in [0, 0.1) is 0 Å². The molecule has 0 spiro atoms. The highest BCUT2D eigenvalue weighted by Crippen LogP contribution is 2.34. The molecule has 1 unspecified atom stereocenters. The van der Waals surface area contributed by atoms with Crippen LogP contribution < -0.4 is 15.4 Å². The third kappa shape index (κ3) is 3.58. The van der Waals surface area contributed by atoms with Gasteiger partial charge in [-0.3, -0.25) is 4.40 Å². The number of fused-ring (bicyclic) bond motifs is 1. The molecule has 2 aromatic heterocycles. The van der Waals surface area contributed by atoms with Gasteiger partial charge in [-0.2, -0.15) is 0 Å². The van der Waals surface area contributed by atoms with Gasteiger partial charge >= 0.3 is 0 Å². The first-order valence-electron chi connectivity index (χ1n) is 7.13. The number of hydrogen-bond acceptors (Lipinski definition) is 5. The molecule has 0 aliphatic carbocycles. The van der Waals surface area contributed by atoms with Gasteiger partial charge in [-0.15, -0.1) is 12.4 Å². The number of nitrogens with zero attached hydrogens (tertiary/aromatic N) is 3. The minimum atomic E-state index is -3.25. The van der Waals surface area contributed by atoms with E-state index < -0.39 is 10.0 Å². The van der Waals surface area contributed by atoms with Crippen molar-refractivity contribution in [2.24, 2.45) is 5.73 Å². The molecule has 0 bridgehead atoms. The molecule has 1 aliphatic rings. The van der Waals surface area contributed by atoms with Gasteiger partial charge in [0.05, 0.1) is 10.8 Å². The molecule has 1 saturated heterocycles. The van der Waals surface area contributed by atoms with Crippen LogP contribution in [0.1, 0.15) is 18.5 Å². The maximum atomic E-state index is 11.8. The van der Waals surface area contributed by atoms with E-state index in [1.807, 2.05) is 11.8 Å². The predicted molar refractivity (Wildman–Crippen MR) is 99.1 cm³/mol. The van der Waals surface area contributed by atoms with Crippen molar-refractivity contribution in [2.75, 3.05) is 30.3 Å². The lowest BCUT2D eigenvalue weighted by Crippen LogP contribution is -2.32. The average molecular weight is 415 g/mol. The van der Waals surface area contributed by atoms with Gasteiger partial charge < -0.3 is 10.6 Å². The number of hydrogen-bond donors (Lipinski definition) is 2. The van der Waals surface area contributed by atoms with E-state index in [4.69, 9.17) is 28.9 Å². The van der Waals surface area contributed by atoms with Crippen molar-refractivity contribution in [3.05, 3.63) is 28.1 Å². The molecule has 1 aliphatic heterocycles. The number of nitrogens with one attached hydrogen (secondary N) is 1. The first-order chi connectivity index (χ1) is 10.8. The molecular weight excluding hydrogens is 397 g/mol. The summed E-state index contributed by atoms with van der Waals surface area (Å²) >= 11 is 12.4. The number of anilines is 1. The highest BCUT2D eigenvalue weighted by Gasteiger charge is 2.25. The van der Waals surface area contributed by atoms with Gasteiger partial charge in [-0.25, -0.2) is 18.1 Å². The van der Waals surface area contributed by atoms with Gasteiger partial charge in [-0.1, -0.05) is 23.2 Å². The lowest BCUT2D eigenvalue weighted by Gasteiger charge is -2.27. The quantitative estimate of drug-likeness (QED) is 0.782. The third-order valence-electron chi connectivity index (χ3n) is 3.84. The zero-order valence-electron chi connectivity index (χ0n) is 12.9. The zero-order valence-corrected chi connectivity index (χ0v) is 16.0. The largest absolute Gasteiger partial charge is 0.355 e. The molecular formula is C13H18Cl3N5O2S. The summed E-state index contributed by atoms with van der Waals surface area (Å²) in [4.78, 5) is 6.08. The van der Waals surface area contributed by atoms with Gasteiger partial charge in [-0.05, 0) is 13.0 Å². The van der Waals surface area contributed by atoms with E-state index in [-0.39, 0.29) is 24.2 Å². The molecule has 24 heavy (non-hydrogen) atoms. The van der Waals surface area contributed by atoms with Gasteiger partial charge in [0.25, 0.3) is 0 Å². The summed E-state index contributed by atoms with van der Waals surface area (Å²) in [5.41, 5.74) is 7.50. The molecule has 7 nitrogen and oxygen atoms in total. The van der Waals surface area contributed by atoms with Crippen LogP contribution >= 0.6 is 35.6 Å². The van der Waals surface area contributed by atoms with Gasteiger partial charge in [0.1, 0.15) is 17.7 Å². The van der Waals surface area contributed by atoms with Crippen LogP contribution in [0.15, 0.2) is 12.4 Å². The van der Waals surface area contributed by atoms with Crippen molar-refractivity contribution in [3.8, 4) is 0 Å². The van der Waals surface area contributed by atoms with Gasteiger partial charge in [0.15, 0.2) is 5.15 Å². The second-order valence-electron chi connectivity index (χ2n) is 5.51. The highest BCUT2D eigenvalue weighted by molar-refractivity contribution is 7.89. The summed E-state index contributed by atoms with van der Waals surface area (Å²) in [6, 6.07) is 1.50. The Morgan fingerprint density at radius 2 is 2.08 bits per heavy atom. The van der Waals surface area contributed by atoms with Gasteiger partial charge in [0, 0.05) is 31.2 Å². The molecule has 0 amide bonds. The summed E-state index contributed by atoms with van der Waals surface area (Å²) in [7, 11) is -3.25. The van der Waals surface area contributed by atoms with Crippen molar-refractivity contribution in [2.45, 2.75) is 13.0 Å². The number of imidazole rings is 1. The molecule has 3 rings (SSSR count). The van der Waals surface area contributed by atoms with Crippen molar-refractivity contribution < 1.29 is 8.42 Å². The molecule has 134 valence electrons. The average Bonchev–Trinajstić information content (AvgIpc) is 2.76. The Bertz CT molecular complexity index is 853. The van der Waals surface area contributed by atoms with Crippen LogP contribution in [0.4, 0.5) is 5.82 Å². The van der Waals surface area contributed by atoms with E-state index in [0.29, 0.717) is 35.3 Å². The van der Waals surface area contributed by atoms with Crippen LogP contribution in [0.5, 0.6) is 0 Å². The fourth-order valence-electron chi connectivity index (χ4n) is 2.74. The molecule has 3 heterocycles. The number of pyridine rings is 1. The Kier molecular flexibility index (Phi) is 5.89. The number of aromatic nitrogens is 2. The maximum absolute atomic E-state index is 11.8. The lowest BCUT2D eigenvalue weighted by atomic mass is 10.1. The van der Waals surface area contributed by atoms with Crippen LogP contribution in [0.3, 0.4) is 0 Å². The highest BCUT2D eigenvalue weighted by atomic mass is 35.5. The molecule has 1 fully saturated rings. The first kappa shape index (κ1) is 19.6. The standard InChI is InChI=1S/C13H17Cl2N5O2S.ClH/c1-8(16)9-6-10(14)11-12(15)17-7-20(11)13(9)19-3-2-18-23(21,22)5-4-19;/h6-8,18H,2-5,16H2,1H3;1H. The molecule has 0 saturated carbocycles. The molecule has 0 radical (unpaired) electrons. The third-order valence-corrected chi connectivity index (χ3v) is 5.77. The van der Waals surface area contributed by atoms with E-state index in [2.05, 4.69) is 9.71 Å². The Morgan fingerprint density at radius 1 is 1.38 bits per heavy atom. The molecule has 0 aromatic carbocycles. The number of rotatable bonds is 2. The van der Waals surface area contributed by atoms with Crippen LogP contribution in [-0.4, -0.2) is 43.2 Å². The normalized spacial score (nSPS) is 18.9. The van der Waals surface area contributed by atoms with E-state index in [1.54, 1.807) is 16.8 Å². The molecule has 11 heteroatoms. The molecule has 3 N–H and O–H groups in total. The van der Waals surface area contributed by atoms with E-state index in [0.717, 1.165) is 11.4 Å². The number of sulfonamides is 1. The summed E-state index contributed by atoms with van der Waals surface area (Å²) in [5.74, 6) is 0.787. The zero-order chi connectivity index (χ0) is 16.8. The second-order valence-corrected chi connectivity index (χ2v) is 8.21. The monoisotopic (exact) mass is 413 g/mol. The van der Waals surface area contributed by atoms with Crippen molar-refractivity contribution >= 4 is 57.0 Å². The summed E-state index contributed by atoms with van der Waals surface area (Å²) in [6.45, 7) is 3.05. The fraction of sp³-hybridized carbons (Fsp3) is 0.462. The van der Waals surface area contributed by atoms with Crippen molar-refractivity contribution in [3.63, 3.8) is 0 Å². The number of nitrogens with two attached hydrogens (primary N) is 1. The second kappa shape index (κ2) is 7.23. The van der Waals surface area contributed by atoms with Crippen molar-refractivity contribution in [1.82, 2.24) is 14.1 Å². The van der Waals surface area contributed by atoms with Crippen LogP contribution in [0.2, 0.25) is 10.2 Å². The van der Waals surface area contributed by atoms with E-state index in [9.17, 15) is 8.42 Å². The predicted octanol–water partition coefficient (Wildman–Crippen LogP) is 1.82. The lowest BCUT2D eigenvalue weighted by molar-refractivity contribution is 0.586. The first-order valence-corrected chi connectivity index (χ1v) is 9.54. The van der Waals surface area contributed by atoms with Crippen LogP contribution in [-0.2, 0) is 10.0 Å². The topological polar surface area (TPSA) is 92.7 Å².